The monoisotopic (exact) mass is 174 g/mol. The Morgan fingerprint density at radius 2 is 2.25 bits per heavy atom. The van der Waals surface area contributed by atoms with Gasteiger partial charge in [0.25, 0.3) is 0 Å². The van der Waals surface area contributed by atoms with E-state index < -0.39 is 18.8 Å². The molecule has 2 N–H and O–H groups in total. The quantitative estimate of drug-likeness (QED) is 0.403. The molecule has 0 radical (unpaired) electrons. The molecular formula is C8H14O4. The van der Waals surface area contributed by atoms with Crippen molar-refractivity contribution in [3.63, 3.8) is 0 Å². The predicted molar refractivity (Wildman–Crippen MR) is 43.7 cm³/mol. The maximum atomic E-state index is 10.1. The Balaban J connectivity index is 3.83. The molecule has 0 unspecified atom stereocenters. The summed E-state index contributed by atoms with van der Waals surface area (Å²) in [6.07, 6.45) is 0.602. The number of hydrogen-bond donors (Lipinski definition) is 2. The minimum Gasteiger partial charge on any atom is -0.394 e. The Labute approximate surface area is 71.5 Å². The Kier molecular flexibility index (Phi) is 6.55. The van der Waals surface area contributed by atoms with Crippen LogP contribution in [0.3, 0.4) is 0 Å². The van der Waals surface area contributed by atoms with Crippen LogP contribution in [0.4, 0.5) is 0 Å². The number of carbonyl (C=O) groups excluding carboxylic acids is 1. The maximum Gasteiger partial charge on any atom is 0.122 e. The highest BCUT2D eigenvalue weighted by Crippen LogP contribution is 2.02. The van der Waals surface area contributed by atoms with Gasteiger partial charge in [0.05, 0.1) is 19.3 Å². The number of aldehydes is 1. The van der Waals surface area contributed by atoms with Crippen molar-refractivity contribution < 1.29 is 19.7 Å². The Morgan fingerprint density at radius 3 is 2.67 bits per heavy atom. The van der Waals surface area contributed by atoms with Gasteiger partial charge in [-0.2, -0.15) is 0 Å². The van der Waals surface area contributed by atoms with E-state index in [-0.39, 0.29) is 13.0 Å². The van der Waals surface area contributed by atoms with Crippen molar-refractivity contribution in [3.8, 4) is 0 Å². The summed E-state index contributed by atoms with van der Waals surface area (Å²) in [5, 5.41) is 17.7. The van der Waals surface area contributed by atoms with E-state index >= 15 is 0 Å². The van der Waals surface area contributed by atoms with Gasteiger partial charge in [-0.05, 0) is 0 Å². The largest absolute Gasteiger partial charge is 0.394 e. The van der Waals surface area contributed by atoms with Gasteiger partial charge in [0.1, 0.15) is 12.4 Å². The zero-order chi connectivity index (χ0) is 9.40. The topological polar surface area (TPSA) is 66.8 Å². The SMILES string of the molecule is C=CCO[C@@H](CC=O)[C@H](O)CO. The number of aliphatic hydroxyl groups is 2. The molecule has 0 rings (SSSR count). The van der Waals surface area contributed by atoms with Crippen LogP contribution in [0.25, 0.3) is 0 Å². The third-order valence-corrected chi connectivity index (χ3v) is 1.37. The number of rotatable bonds is 7. The van der Waals surface area contributed by atoms with Crippen molar-refractivity contribution in [2.75, 3.05) is 13.2 Å². The van der Waals surface area contributed by atoms with Gasteiger partial charge in [0.2, 0.25) is 0 Å². The summed E-state index contributed by atoms with van der Waals surface area (Å²) < 4.78 is 5.03. The molecule has 0 aromatic rings. The Hall–Kier alpha value is -0.710. The summed E-state index contributed by atoms with van der Waals surface area (Å²) in [6, 6.07) is 0. The molecule has 0 saturated heterocycles. The van der Waals surface area contributed by atoms with Crippen molar-refractivity contribution in [3.05, 3.63) is 12.7 Å². The number of aliphatic hydroxyl groups excluding tert-OH is 2. The van der Waals surface area contributed by atoms with E-state index in [9.17, 15) is 4.79 Å². The fourth-order valence-corrected chi connectivity index (χ4v) is 0.740. The molecule has 0 bridgehead atoms. The second kappa shape index (κ2) is 6.97. The van der Waals surface area contributed by atoms with Crippen molar-refractivity contribution in [1.29, 1.82) is 0 Å². The third-order valence-electron chi connectivity index (χ3n) is 1.37. The van der Waals surface area contributed by atoms with Gasteiger partial charge in [0.15, 0.2) is 0 Å². The zero-order valence-electron chi connectivity index (χ0n) is 6.85. The molecule has 0 amide bonds. The maximum absolute atomic E-state index is 10.1. The Bertz CT molecular complexity index is 135. The molecular weight excluding hydrogens is 160 g/mol. The van der Waals surface area contributed by atoms with Crippen molar-refractivity contribution in [2.24, 2.45) is 0 Å². The van der Waals surface area contributed by atoms with E-state index in [1.807, 2.05) is 0 Å². The van der Waals surface area contributed by atoms with Crippen LogP contribution < -0.4 is 0 Å². The first kappa shape index (κ1) is 11.3. The molecule has 2 atom stereocenters. The lowest BCUT2D eigenvalue weighted by molar-refractivity contribution is -0.114. The van der Waals surface area contributed by atoms with Crippen LogP contribution >= 0.6 is 0 Å². The molecule has 0 aliphatic rings. The molecule has 0 heterocycles. The minimum atomic E-state index is -1.00. The third kappa shape index (κ3) is 4.23. The van der Waals surface area contributed by atoms with Crippen LogP contribution in [-0.2, 0) is 9.53 Å². The highest BCUT2D eigenvalue weighted by Gasteiger charge is 2.17. The number of ether oxygens (including phenoxy) is 1. The molecule has 0 saturated carbocycles. The normalized spacial score (nSPS) is 15.2. The number of carbonyl (C=O) groups is 1. The first-order valence-corrected chi connectivity index (χ1v) is 3.71. The molecule has 0 aromatic carbocycles. The lowest BCUT2D eigenvalue weighted by Gasteiger charge is -2.18. The van der Waals surface area contributed by atoms with Crippen LogP contribution in [0, 0.1) is 0 Å². The average Bonchev–Trinajstić information content (AvgIpc) is 2.11. The molecule has 0 aliphatic carbocycles. The van der Waals surface area contributed by atoms with E-state index in [4.69, 9.17) is 14.9 Å². The van der Waals surface area contributed by atoms with Crippen LogP contribution in [0.15, 0.2) is 12.7 Å². The molecule has 0 aliphatic heterocycles. The minimum absolute atomic E-state index is 0.0789. The van der Waals surface area contributed by atoms with Crippen LogP contribution in [0.2, 0.25) is 0 Å². The second-order valence-electron chi connectivity index (χ2n) is 2.31. The smallest absolute Gasteiger partial charge is 0.122 e. The van der Waals surface area contributed by atoms with E-state index in [1.54, 1.807) is 0 Å². The van der Waals surface area contributed by atoms with Gasteiger partial charge >= 0.3 is 0 Å². The summed E-state index contributed by atoms with van der Waals surface area (Å²) in [6.45, 7) is 3.27. The zero-order valence-corrected chi connectivity index (χ0v) is 6.85. The molecule has 0 spiro atoms. The van der Waals surface area contributed by atoms with Crippen LogP contribution in [0.1, 0.15) is 6.42 Å². The van der Waals surface area contributed by atoms with Gasteiger partial charge in [0, 0.05) is 6.42 Å². The molecule has 4 nitrogen and oxygen atoms in total. The van der Waals surface area contributed by atoms with E-state index in [0.29, 0.717) is 6.29 Å². The summed E-state index contributed by atoms with van der Waals surface area (Å²) >= 11 is 0. The van der Waals surface area contributed by atoms with Gasteiger partial charge in [-0.15, -0.1) is 6.58 Å². The van der Waals surface area contributed by atoms with Gasteiger partial charge in [-0.3, -0.25) is 0 Å². The standard InChI is InChI=1S/C8H14O4/c1-2-5-12-8(3-4-9)7(11)6-10/h2,4,7-8,10-11H,1,3,5-6H2/t7-,8+/m1/s1. The van der Waals surface area contributed by atoms with Gasteiger partial charge in [-0.1, -0.05) is 6.08 Å². The van der Waals surface area contributed by atoms with Crippen molar-refractivity contribution in [1.82, 2.24) is 0 Å². The fourth-order valence-electron chi connectivity index (χ4n) is 0.740. The summed E-state index contributed by atoms with van der Waals surface area (Å²) in [5.41, 5.74) is 0. The lowest BCUT2D eigenvalue weighted by Crippen LogP contribution is -2.32. The molecule has 4 heteroatoms. The second-order valence-corrected chi connectivity index (χ2v) is 2.31. The molecule has 70 valence electrons. The summed E-state index contributed by atoms with van der Waals surface area (Å²) in [4.78, 5) is 10.1. The van der Waals surface area contributed by atoms with Gasteiger partial charge in [-0.25, -0.2) is 0 Å². The molecule has 0 fully saturated rings. The van der Waals surface area contributed by atoms with Crippen LogP contribution in [0.5, 0.6) is 0 Å². The summed E-state index contributed by atoms with van der Waals surface area (Å²) in [7, 11) is 0. The lowest BCUT2D eigenvalue weighted by atomic mass is 10.1. The molecule has 12 heavy (non-hydrogen) atoms. The first-order valence-electron chi connectivity index (χ1n) is 3.71. The highest BCUT2D eigenvalue weighted by molar-refractivity contribution is 5.50. The van der Waals surface area contributed by atoms with Crippen molar-refractivity contribution in [2.45, 2.75) is 18.6 Å². The first-order chi connectivity index (χ1) is 5.76. The fraction of sp³-hybridized carbons (Fsp3) is 0.625. The van der Waals surface area contributed by atoms with Gasteiger partial charge < -0.3 is 19.7 Å². The molecule has 0 aromatic heterocycles. The predicted octanol–water partition coefficient (Wildman–Crippen LogP) is -0.500. The summed E-state index contributed by atoms with van der Waals surface area (Å²) in [5.74, 6) is 0. The number of hydrogen-bond acceptors (Lipinski definition) is 4. The average molecular weight is 174 g/mol. The Morgan fingerprint density at radius 1 is 1.58 bits per heavy atom. The van der Waals surface area contributed by atoms with E-state index in [0.717, 1.165) is 0 Å². The van der Waals surface area contributed by atoms with E-state index in [2.05, 4.69) is 6.58 Å². The highest BCUT2D eigenvalue weighted by atomic mass is 16.5. The van der Waals surface area contributed by atoms with E-state index in [1.165, 1.54) is 6.08 Å². The van der Waals surface area contributed by atoms with Crippen molar-refractivity contribution >= 4 is 6.29 Å². The van der Waals surface area contributed by atoms with Crippen LogP contribution in [-0.4, -0.2) is 41.9 Å².